The molecular weight excluding hydrogens is 255 g/mol. The van der Waals surface area contributed by atoms with Gasteiger partial charge in [0.15, 0.2) is 0 Å². The number of carbonyl (C=O) groups excluding carboxylic acids is 1. The Balaban J connectivity index is 1.97. The summed E-state index contributed by atoms with van der Waals surface area (Å²) < 4.78 is 12.8. The smallest absolute Gasteiger partial charge is 0.224 e. The lowest BCUT2D eigenvalue weighted by atomic mass is 10.0. The van der Waals surface area contributed by atoms with Crippen molar-refractivity contribution in [1.29, 1.82) is 0 Å². The van der Waals surface area contributed by atoms with Gasteiger partial charge in [0.1, 0.15) is 5.82 Å². The van der Waals surface area contributed by atoms with E-state index in [0.717, 1.165) is 16.8 Å². The Morgan fingerprint density at radius 3 is 2.30 bits per heavy atom. The first kappa shape index (κ1) is 14.1. The van der Waals surface area contributed by atoms with E-state index in [4.69, 9.17) is 5.73 Å². The predicted molar refractivity (Wildman–Crippen MR) is 77.8 cm³/mol. The molecule has 1 atom stereocenters. The van der Waals surface area contributed by atoms with E-state index in [1.807, 2.05) is 24.3 Å². The van der Waals surface area contributed by atoms with Gasteiger partial charge in [0.05, 0.1) is 5.92 Å². The highest BCUT2D eigenvalue weighted by Crippen LogP contribution is 2.18. The molecule has 0 heterocycles. The molecule has 0 saturated carbocycles. The second-order valence-electron chi connectivity index (χ2n) is 4.73. The summed E-state index contributed by atoms with van der Waals surface area (Å²) in [5.74, 6) is -0.864. The minimum absolute atomic E-state index is 0.237. The fourth-order valence-corrected chi connectivity index (χ4v) is 1.86. The van der Waals surface area contributed by atoms with Gasteiger partial charge < -0.3 is 11.1 Å². The van der Waals surface area contributed by atoms with Crippen molar-refractivity contribution >= 4 is 11.6 Å². The normalized spacial score (nSPS) is 11.9. The third kappa shape index (κ3) is 3.57. The number of nitrogens with one attached hydrogen (secondary N) is 1. The van der Waals surface area contributed by atoms with E-state index in [0.29, 0.717) is 6.54 Å². The van der Waals surface area contributed by atoms with Gasteiger partial charge in [0, 0.05) is 12.2 Å². The third-order valence-electron chi connectivity index (χ3n) is 3.25. The monoisotopic (exact) mass is 272 g/mol. The average molecular weight is 272 g/mol. The molecule has 4 heteroatoms. The van der Waals surface area contributed by atoms with Gasteiger partial charge in [-0.15, -0.1) is 0 Å². The molecule has 20 heavy (non-hydrogen) atoms. The van der Waals surface area contributed by atoms with E-state index >= 15 is 0 Å². The molecule has 1 unspecified atom stereocenters. The maximum absolute atomic E-state index is 12.8. The SMILES string of the molecule is CC(C(N)=O)c1ccc(NCc2ccc(F)cc2)cc1. The summed E-state index contributed by atoms with van der Waals surface area (Å²) in [7, 11) is 0. The molecule has 3 N–H and O–H groups in total. The average Bonchev–Trinajstić information content (AvgIpc) is 2.46. The van der Waals surface area contributed by atoms with E-state index < -0.39 is 0 Å². The first-order chi connectivity index (χ1) is 9.56. The van der Waals surface area contributed by atoms with Crippen molar-refractivity contribution in [3.8, 4) is 0 Å². The largest absolute Gasteiger partial charge is 0.381 e. The molecular formula is C16H17FN2O. The molecule has 3 nitrogen and oxygen atoms in total. The summed E-state index contributed by atoms with van der Waals surface area (Å²) in [4.78, 5) is 11.1. The highest BCUT2D eigenvalue weighted by molar-refractivity contribution is 5.81. The topological polar surface area (TPSA) is 55.1 Å². The highest BCUT2D eigenvalue weighted by Gasteiger charge is 2.10. The van der Waals surface area contributed by atoms with Crippen LogP contribution in [0.2, 0.25) is 0 Å². The molecule has 0 bridgehead atoms. The second kappa shape index (κ2) is 6.19. The van der Waals surface area contributed by atoms with Crippen LogP contribution in [0.1, 0.15) is 24.0 Å². The van der Waals surface area contributed by atoms with Gasteiger partial charge in [-0.25, -0.2) is 4.39 Å². The molecule has 0 saturated heterocycles. The molecule has 0 aliphatic rings. The van der Waals surface area contributed by atoms with Crippen LogP contribution >= 0.6 is 0 Å². The number of hydrogen-bond acceptors (Lipinski definition) is 2. The maximum Gasteiger partial charge on any atom is 0.224 e. The molecule has 0 radical (unpaired) electrons. The van der Waals surface area contributed by atoms with Gasteiger partial charge in [0.2, 0.25) is 5.91 Å². The first-order valence-corrected chi connectivity index (χ1v) is 6.44. The lowest BCUT2D eigenvalue weighted by Crippen LogP contribution is -2.18. The zero-order chi connectivity index (χ0) is 14.5. The summed E-state index contributed by atoms with van der Waals surface area (Å²) in [6.45, 7) is 2.40. The number of nitrogens with two attached hydrogens (primary N) is 1. The summed E-state index contributed by atoms with van der Waals surface area (Å²) in [6.07, 6.45) is 0. The Kier molecular flexibility index (Phi) is 4.35. The molecule has 0 spiro atoms. The van der Waals surface area contributed by atoms with Crippen LogP contribution < -0.4 is 11.1 Å². The quantitative estimate of drug-likeness (QED) is 0.879. The maximum atomic E-state index is 12.8. The van der Waals surface area contributed by atoms with Gasteiger partial charge in [-0.2, -0.15) is 0 Å². The molecule has 0 aromatic heterocycles. The number of rotatable bonds is 5. The van der Waals surface area contributed by atoms with E-state index in [1.165, 1.54) is 12.1 Å². The zero-order valence-electron chi connectivity index (χ0n) is 11.3. The Morgan fingerprint density at radius 1 is 1.15 bits per heavy atom. The van der Waals surface area contributed by atoms with Crippen LogP contribution in [-0.4, -0.2) is 5.91 Å². The highest BCUT2D eigenvalue weighted by atomic mass is 19.1. The molecule has 0 aliphatic carbocycles. The molecule has 2 aromatic rings. The molecule has 2 rings (SSSR count). The number of anilines is 1. The summed E-state index contributed by atoms with van der Waals surface area (Å²) in [5, 5.41) is 3.24. The van der Waals surface area contributed by atoms with Crippen LogP contribution in [0.25, 0.3) is 0 Å². The van der Waals surface area contributed by atoms with Gasteiger partial charge in [0.25, 0.3) is 0 Å². The van der Waals surface area contributed by atoms with Crippen molar-refractivity contribution in [1.82, 2.24) is 0 Å². The molecule has 104 valence electrons. The van der Waals surface area contributed by atoms with Crippen molar-refractivity contribution in [3.63, 3.8) is 0 Å². The Labute approximate surface area is 117 Å². The van der Waals surface area contributed by atoms with Crippen LogP contribution in [0.3, 0.4) is 0 Å². The second-order valence-corrected chi connectivity index (χ2v) is 4.73. The van der Waals surface area contributed by atoms with Gasteiger partial charge in [-0.1, -0.05) is 24.3 Å². The predicted octanol–water partition coefficient (Wildman–Crippen LogP) is 3.03. The van der Waals surface area contributed by atoms with Crippen LogP contribution in [0.5, 0.6) is 0 Å². The number of benzene rings is 2. The fourth-order valence-electron chi connectivity index (χ4n) is 1.86. The lowest BCUT2D eigenvalue weighted by molar-refractivity contribution is -0.119. The number of amides is 1. The van der Waals surface area contributed by atoms with E-state index in [9.17, 15) is 9.18 Å². The number of halogens is 1. The standard InChI is InChI=1S/C16H17FN2O/c1-11(16(18)20)13-4-8-15(9-5-13)19-10-12-2-6-14(17)7-3-12/h2-9,11,19H,10H2,1H3,(H2,18,20). The minimum Gasteiger partial charge on any atom is -0.381 e. The van der Waals surface area contributed by atoms with Crippen molar-refractivity contribution in [3.05, 3.63) is 65.5 Å². The first-order valence-electron chi connectivity index (χ1n) is 6.44. The van der Waals surface area contributed by atoms with Crippen LogP contribution in [-0.2, 0) is 11.3 Å². The number of primary amides is 1. The van der Waals surface area contributed by atoms with Crippen molar-refractivity contribution < 1.29 is 9.18 Å². The molecule has 1 amide bonds. The number of carbonyl (C=O) groups is 1. The van der Waals surface area contributed by atoms with Crippen molar-refractivity contribution in [2.45, 2.75) is 19.4 Å². The van der Waals surface area contributed by atoms with E-state index in [2.05, 4.69) is 5.32 Å². The number of hydrogen-bond donors (Lipinski definition) is 2. The van der Waals surface area contributed by atoms with Crippen LogP contribution in [0.15, 0.2) is 48.5 Å². The van der Waals surface area contributed by atoms with E-state index in [1.54, 1.807) is 19.1 Å². The molecule has 0 fully saturated rings. The third-order valence-corrected chi connectivity index (χ3v) is 3.25. The molecule has 0 aliphatic heterocycles. The van der Waals surface area contributed by atoms with Gasteiger partial charge >= 0.3 is 0 Å². The van der Waals surface area contributed by atoms with Crippen molar-refractivity contribution in [2.75, 3.05) is 5.32 Å². The van der Waals surface area contributed by atoms with Crippen LogP contribution in [0.4, 0.5) is 10.1 Å². The van der Waals surface area contributed by atoms with Crippen molar-refractivity contribution in [2.24, 2.45) is 5.73 Å². The zero-order valence-corrected chi connectivity index (χ0v) is 11.3. The summed E-state index contributed by atoms with van der Waals surface area (Å²) in [5.41, 5.74) is 8.10. The Morgan fingerprint density at radius 2 is 1.75 bits per heavy atom. The Bertz CT molecular complexity index is 578. The van der Waals surface area contributed by atoms with E-state index in [-0.39, 0.29) is 17.6 Å². The van der Waals surface area contributed by atoms with Gasteiger partial charge in [-0.05, 0) is 42.3 Å². The van der Waals surface area contributed by atoms with Crippen LogP contribution in [0, 0.1) is 5.82 Å². The summed E-state index contributed by atoms with van der Waals surface area (Å²) in [6, 6.07) is 13.9. The molecule has 2 aromatic carbocycles. The fraction of sp³-hybridized carbons (Fsp3) is 0.188. The summed E-state index contributed by atoms with van der Waals surface area (Å²) >= 11 is 0. The Hall–Kier alpha value is -2.36. The lowest BCUT2D eigenvalue weighted by Gasteiger charge is -2.10. The van der Waals surface area contributed by atoms with Gasteiger partial charge in [-0.3, -0.25) is 4.79 Å². The minimum atomic E-state index is -0.336.